The van der Waals surface area contributed by atoms with Gasteiger partial charge in [-0.1, -0.05) is 6.08 Å². The van der Waals surface area contributed by atoms with Gasteiger partial charge in [-0.15, -0.1) is 0 Å². The summed E-state index contributed by atoms with van der Waals surface area (Å²) in [4.78, 5) is 22.7. The molecule has 1 aromatic heterocycles. The van der Waals surface area contributed by atoms with E-state index in [0.717, 1.165) is 18.5 Å². The van der Waals surface area contributed by atoms with Crippen molar-refractivity contribution in [3.05, 3.63) is 29.6 Å². The Bertz CT molecular complexity index is 569. The fraction of sp³-hybridized carbons (Fsp3) is 0.500. The number of allylic oxidation sites excluding steroid dienone is 2. The van der Waals surface area contributed by atoms with Crippen molar-refractivity contribution in [2.45, 2.75) is 25.2 Å². The van der Waals surface area contributed by atoms with Gasteiger partial charge < -0.3 is 5.11 Å². The average molecular weight is 260 g/mol. The van der Waals surface area contributed by atoms with Gasteiger partial charge in [-0.05, 0) is 37.3 Å². The quantitative estimate of drug-likeness (QED) is 0.646. The van der Waals surface area contributed by atoms with Gasteiger partial charge in [0.1, 0.15) is 5.69 Å². The Morgan fingerprint density at radius 2 is 2.21 bits per heavy atom. The maximum Gasteiger partial charge on any atom is 0.307 e. The second-order valence-corrected chi connectivity index (χ2v) is 5.42. The molecule has 3 rings (SSSR count). The largest absolute Gasteiger partial charge is 0.481 e. The average Bonchev–Trinajstić information content (AvgIpc) is 3.24. The Labute approximate surface area is 110 Å². The summed E-state index contributed by atoms with van der Waals surface area (Å²) in [5.74, 6) is -0.650. The van der Waals surface area contributed by atoms with Crippen molar-refractivity contribution in [2.24, 2.45) is 18.9 Å². The van der Waals surface area contributed by atoms with Crippen LogP contribution in [0, 0.1) is 11.8 Å². The first kappa shape index (κ1) is 12.1. The predicted molar refractivity (Wildman–Crippen MR) is 67.9 cm³/mol. The second kappa shape index (κ2) is 4.33. The molecular formula is C14H16N2O3. The summed E-state index contributed by atoms with van der Waals surface area (Å²) in [5, 5.41) is 13.1. The van der Waals surface area contributed by atoms with E-state index in [-0.39, 0.29) is 17.6 Å². The van der Waals surface area contributed by atoms with E-state index in [1.165, 1.54) is 6.08 Å². The van der Waals surface area contributed by atoms with Crippen LogP contribution in [-0.4, -0.2) is 26.6 Å². The third-order valence-electron chi connectivity index (χ3n) is 3.80. The van der Waals surface area contributed by atoms with Gasteiger partial charge >= 0.3 is 5.97 Å². The van der Waals surface area contributed by atoms with E-state index in [9.17, 15) is 9.59 Å². The summed E-state index contributed by atoms with van der Waals surface area (Å²) in [6.45, 7) is 0. The lowest BCUT2D eigenvalue weighted by Gasteiger charge is -1.95. The van der Waals surface area contributed by atoms with Crippen LogP contribution >= 0.6 is 0 Å². The minimum absolute atomic E-state index is 0.0116. The molecule has 0 spiro atoms. The number of hydrogen-bond donors (Lipinski definition) is 1. The van der Waals surface area contributed by atoms with Crippen LogP contribution < -0.4 is 0 Å². The molecule has 0 unspecified atom stereocenters. The fourth-order valence-corrected chi connectivity index (χ4v) is 2.31. The molecule has 0 aromatic carbocycles. The first-order valence-electron chi connectivity index (χ1n) is 6.55. The minimum atomic E-state index is -0.779. The summed E-state index contributed by atoms with van der Waals surface area (Å²) in [6, 6.07) is 1.85. The molecule has 2 aliphatic carbocycles. The van der Waals surface area contributed by atoms with Gasteiger partial charge in [-0.2, -0.15) is 5.10 Å². The number of rotatable bonds is 5. The van der Waals surface area contributed by atoms with Crippen LogP contribution in [0.4, 0.5) is 0 Å². The zero-order valence-electron chi connectivity index (χ0n) is 10.7. The second-order valence-electron chi connectivity index (χ2n) is 5.42. The molecule has 0 aliphatic heterocycles. The Kier molecular flexibility index (Phi) is 2.77. The van der Waals surface area contributed by atoms with Crippen LogP contribution in [-0.2, 0) is 11.8 Å². The van der Waals surface area contributed by atoms with Crippen molar-refractivity contribution in [1.82, 2.24) is 9.78 Å². The lowest BCUT2D eigenvalue weighted by Crippen LogP contribution is -2.04. The molecule has 0 bridgehead atoms. The molecule has 2 saturated carbocycles. The smallest absolute Gasteiger partial charge is 0.307 e. The summed E-state index contributed by atoms with van der Waals surface area (Å²) in [7, 11) is 1.77. The molecule has 1 aromatic rings. The molecule has 0 saturated heterocycles. The highest BCUT2D eigenvalue weighted by molar-refractivity contribution is 6.03. The van der Waals surface area contributed by atoms with Crippen molar-refractivity contribution >= 4 is 11.8 Å². The number of carbonyl (C=O) groups is 2. The molecule has 19 heavy (non-hydrogen) atoms. The third-order valence-corrected chi connectivity index (χ3v) is 3.80. The minimum Gasteiger partial charge on any atom is -0.481 e. The zero-order valence-corrected chi connectivity index (χ0v) is 10.7. The summed E-state index contributed by atoms with van der Waals surface area (Å²) < 4.78 is 1.61. The molecule has 1 heterocycles. The van der Waals surface area contributed by atoms with Gasteiger partial charge in [0.15, 0.2) is 0 Å². The summed E-state index contributed by atoms with van der Waals surface area (Å²) in [5.41, 5.74) is 1.57. The number of carboxylic acid groups (broad SMARTS) is 1. The number of aliphatic carboxylic acids is 1. The standard InChI is InChI=1S/C14H16N2O3/c1-16-12(7-11(15-16)8-2-3-8)13(17)5-4-9-6-10(9)14(18)19/h4-5,7-10H,2-3,6H2,1H3,(H,18,19)/b5-4+/t9-,10-/m1/s1. The van der Waals surface area contributed by atoms with E-state index >= 15 is 0 Å². The van der Waals surface area contributed by atoms with Crippen LogP contribution in [0.2, 0.25) is 0 Å². The first-order chi connectivity index (χ1) is 9.06. The van der Waals surface area contributed by atoms with E-state index in [4.69, 9.17) is 5.11 Å². The number of aryl methyl sites for hydroxylation is 1. The highest BCUT2D eigenvalue weighted by atomic mass is 16.4. The number of hydrogen-bond acceptors (Lipinski definition) is 3. The molecule has 0 radical (unpaired) electrons. The van der Waals surface area contributed by atoms with Gasteiger partial charge in [-0.3, -0.25) is 14.3 Å². The van der Waals surface area contributed by atoms with Crippen LogP contribution in [0.5, 0.6) is 0 Å². The maximum absolute atomic E-state index is 12.0. The van der Waals surface area contributed by atoms with Crippen molar-refractivity contribution < 1.29 is 14.7 Å². The Balaban J connectivity index is 1.67. The number of carboxylic acids is 1. The molecule has 2 fully saturated rings. The molecule has 5 heteroatoms. The van der Waals surface area contributed by atoms with E-state index in [1.807, 2.05) is 6.07 Å². The van der Waals surface area contributed by atoms with Crippen LogP contribution in [0.15, 0.2) is 18.2 Å². The van der Waals surface area contributed by atoms with Crippen LogP contribution in [0.25, 0.3) is 0 Å². The molecular weight excluding hydrogens is 244 g/mol. The van der Waals surface area contributed by atoms with Crippen molar-refractivity contribution in [3.8, 4) is 0 Å². The highest BCUT2D eigenvalue weighted by Gasteiger charge is 2.41. The van der Waals surface area contributed by atoms with Crippen molar-refractivity contribution in [2.75, 3.05) is 0 Å². The normalized spacial score (nSPS) is 25.7. The molecule has 2 atom stereocenters. The van der Waals surface area contributed by atoms with E-state index in [0.29, 0.717) is 18.0 Å². The van der Waals surface area contributed by atoms with Crippen molar-refractivity contribution in [3.63, 3.8) is 0 Å². The number of aromatic nitrogens is 2. The van der Waals surface area contributed by atoms with Crippen LogP contribution in [0.1, 0.15) is 41.4 Å². The monoisotopic (exact) mass is 260 g/mol. The molecule has 0 amide bonds. The lowest BCUT2D eigenvalue weighted by atomic mass is 10.2. The Morgan fingerprint density at radius 3 is 2.79 bits per heavy atom. The lowest BCUT2D eigenvalue weighted by molar-refractivity contribution is -0.138. The summed E-state index contributed by atoms with van der Waals surface area (Å²) >= 11 is 0. The molecule has 100 valence electrons. The Hall–Kier alpha value is -1.91. The SMILES string of the molecule is Cn1nc(C2CC2)cc1C(=O)/C=C/[C@@H]1C[C@H]1C(=O)O. The van der Waals surface area contributed by atoms with E-state index in [1.54, 1.807) is 17.8 Å². The number of ketones is 1. The number of carbonyl (C=O) groups excluding carboxylic acids is 1. The zero-order chi connectivity index (χ0) is 13.6. The van der Waals surface area contributed by atoms with Crippen LogP contribution in [0.3, 0.4) is 0 Å². The van der Waals surface area contributed by atoms with Crippen molar-refractivity contribution in [1.29, 1.82) is 0 Å². The van der Waals surface area contributed by atoms with Gasteiger partial charge in [0.2, 0.25) is 5.78 Å². The summed E-state index contributed by atoms with van der Waals surface area (Å²) in [6.07, 6.45) is 6.15. The van der Waals surface area contributed by atoms with Gasteiger partial charge in [0.25, 0.3) is 0 Å². The topological polar surface area (TPSA) is 72.2 Å². The molecule has 1 N–H and O–H groups in total. The first-order valence-corrected chi connectivity index (χ1v) is 6.55. The van der Waals surface area contributed by atoms with E-state index < -0.39 is 5.97 Å². The maximum atomic E-state index is 12.0. The Morgan fingerprint density at radius 1 is 1.47 bits per heavy atom. The van der Waals surface area contributed by atoms with Gasteiger partial charge in [-0.25, -0.2) is 0 Å². The third kappa shape index (κ3) is 2.45. The van der Waals surface area contributed by atoms with Gasteiger partial charge in [0.05, 0.1) is 11.6 Å². The predicted octanol–water partition coefficient (Wildman–Crippen LogP) is 1.76. The number of nitrogens with zero attached hydrogens (tertiary/aromatic N) is 2. The van der Waals surface area contributed by atoms with Gasteiger partial charge in [0, 0.05) is 13.0 Å². The van der Waals surface area contributed by atoms with E-state index in [2.05, 4.69) is 5.10 Å². The molecule has 5 nitrogen and oxygen atoms in total. The fourth-order valence-electron chi connectivity index (χ4n) is 2.31. The molecule has 2 aliphatic rings. The highest BCUT2D eigenvalue weighted by Crippen LogP contribution is 2.40.